The molecular formula is C19H30N4OS. The topological polar surface area (TPSA) is 58.5 Å². The molecule has 2 saturated carbocycles. The molecule has 2 aliphatic carbocycles. The molecule has 5 nitrogen and oxygen atoms in total. The number of hydrogen-bond donors (Lipinski definition) is 2. The summed E-state index contributed by atoms with van der Waals surface area (Å²) in [5.74, 6) is 1.60. The highest BCUT2D eigenvalue weighted by atomic mass is 32.1. The molecule has 4 rings (SSSR count). The zero-order chi connectivity index (χ0) is 17.3. The van der Waals surface area contributed by atoms with Crippen LogP contribution in [0.25, 0.3) is 0 Å². The first-order chi connectivity index (χ1) is 12.3. The number of aromatic nitrogens is 1. The average Bonchev–Trinajstić information content (AvgIpc) is 3.36. The largest absolute Gasteiger partial charge is 0.377 e. The minimum absolute atomic E-state index is 0.355. The maximum Gasteiger partial charge on any atom is 0.191 e. The van der Waals surface area contributed by atoms with Crippen molar-refractivity contribution >= 4 is 17.3 Å². The Morgan fingerprint density at radius 2 is 2.24 bits per heavy atom. The lowest BCUT2D eigenvalue weighted by atomic mass is 9.54. The molecule has 1 aliphatic heterocycles. The van der Waals surface area contributed by atoms with Crippen LogP contribution in [-0.2, 0) is 17.7 Å². The zero-order valence-corrected chi connectivity index (χ0v) is 16.2. The lowest BCUT2D eigenvalue weighted by Crippen LogP contribution is -2.69. The molecule has 0 bridgehead atoms. The van der Waals surface area contributed by atoms with Crippen LogP contribution in [0, 0.1) is 11.3 Å². The number of nitrogens with one attached hydrogen (secondary N) is 2. The van der Waals surface area contributed by atoms with E-state index in [9.17, 15) is 0 Å². The van der Waals surface area contributed by atoms with Gasteiger partial charge >= 0.3 is 0 Å². The first-order valence-corrected chi connectivity index (χ1v) is 10.7. The molecule has 3 unspecified atom stereocenters. The standard InChI is InChI=1S/C19H30N4OS/c1-3-13-11-21-15(25-13)12-22-18(20-4-2)23-16-14-7-10-24-17(14)19(16)8-5-6-9-19/h11,14,16-17H,3-10,12H2,1-2H3,(H2,20,22,23). The lowest BCUT2D eigenvalue weighted by molar-refractivity contribution is -0.125. The van der Waals surface area contributed by atoms with Crippen LogP contribution in [0.3, 0.4) is 0 Å². The molecule has 0 aromatic carbocycles. The second-order valence-corrected chi connectivity index (χ2v) is 8.77. The number of guanidine groups is 1. The zero-order valence-electron chi connectivity index (χ0n) is 15.4. The second-order valence-electron chi connectivity index (χ2n) is 7.58. The van der Waals surface area contributed by atoms with Crippen molar-refractivity contribution in [3.63, 3.8) is 0 Å². The Balaban J connectivity index is 1.46. The smallest absolute Gasteiger partial charge is 0.191 e. The van der Waals surface area contributed by atoms with E-state index in [0.29, 0.717) is 30.0 Å². The monoisotopic (exact) mass is 362 g/mol. The molecule has 1 saturated heterocycles. The van der Waals surface area contributed by atoms with Gasteiger partial charge in [0.1, 0.15) is 5.01 Å². The SMILES string of the molecule is CCNC(=NCc1ncc(CC)s1)NC1C2CCOC2C12CCCC2. The van der Waals surface area contributed by atoms with Gasteiger partial charge in [-0.25, -0.2) is 9.98 Å². The Hall–Kier alpha value is -1.14. The van der Waals surface area contributed by atoms with Gasteiger partial charge in [-0.2, -0.15) is 0 Å². The van der Waals surface area contributed by atoms with Gasteiger partial charge in [-0.05, 0) is 32.6 Å². The van der Waals surface area contributed by atoms with Crippen LogP contribution in [0.1, 0.15) is 55.8 Å². The quantitative estimate of drug-likeness (QED) is 0.624. The van der Waals surface area contributed by atoms with Crippen molar-refractivity contribution in [2.45, 2.75) is 71.1 Å². The number of aryl methyl sites for hydroxylation is 1. The first kappa shape index (κ1) is 17.3. The Kier molecular flexibility index (Phi) is 5.00. The van der Waals surface area contributed by atoms with E-state index in [4.69, 9.17) is 9.73 Å². The van der Waals surface area contributed by atoms with Crippen LogP contribution in [0.4, 0.5) is 0 Å². The third-order valence-electron chi connectivity index (χ3n) is 6.24. The maximum absolute atomic E-state index is 6.10. The Bertz CT molecular complexity index is 623. The third kappa shape index (κ3) is 3.08. The van der Waals surface area contributed by atoms with Gasteiger partial charge in [-0.1, -0.05) is 19.8 Å². The van der Waals surface area contributed by atoms with Crippen molar-refractivity contribution in [2.24, 2.45) is 16.3 Å². The van der Waals surface area contributed by atoms with Crippen molar-refractivity contribution in [3.05, 3.63) is 16.1 Å². The Morgan fingerprint density at radius 3 is 2.96 bits per heavy atom. The predicted octanol–water partition coefficient (Wildman–Crippen LogP) is 3.11. The molecule has 3 fully saturated rings. The van der Waals surface area contributed by atoms with Crippen molar-refractivity contribution in [1.29, 1.82) is 0 Å². The number of ether oxygens (including phenoxy) is 1. The van der Waals surface area contributed by atoms with Gasteiger partial charge in [0.15, 0.2) is 5.96 Å². The molecule has 138 valence electrons. The van der Waals surface area contributed by atoms with Crippen molar-refractivity contribution in [1.82, 2.24) is 15.6 Å². The molecule has 0 amide bonds. The lowest BCUT2D eigenvalue weighted by Gasteiger charge is -2.57. The van der Waals surface area contributed by atoms with Gasteiger partial charge in [-0.3, -0.25) is 0 Å². The molecule has 2 heterocycles. The molecule has 6 heteroatoms. The molecule has 1 spiro atoms. The Morgan fingerprint density at radius 1 is 1.40 bits per heavy atom. The van der Waals surface area contributed by atoms with E-state index < -0.39 is 0 Å². The minimum atomic E-state index is 0.355. The van der Waals surface area contributed by atoms with Crippen molar-refractivity contribution < 1.29 is 4.74 Å². The molecular weight excluding hydrogens is 332 g/mol. The number of aliphatic imine (C=N–C) groups is 1. The second kappa shape index (κ2) is 7.23. The molecule has 2 N–H and O–H groups in total. The number of fused-ring (bicyclic) bond motifs is 2. The molecule has 0 radical (unpaired) electrons. The van der Waals surface area contributed by atoms with Crippen LogP contribution in [0.15, 0.2) is 11.2 Å². The molecule has 3 atom stereocenters. The maximum atomic E-state index is 6.10. The summed E-state index contributed by atoms with van der Waals surface area (Å²) in [6, 6.07) is 0.516. The van der Waals surface area contributed by atoms with Crippen LogP contribution < -0.4 is 10.6 Å². The summed E-state index contributed by atoms with van der Waals surface area (Å²) in [6.45, 7) is 6.77. The fraction of sp³-hybridized carbons (Fsp3) is 0.789. The highest BCUT2D eigenvalue weighted by Crippen LogP contribution is 2.60. The summed E-state index contributed by atoms with van der Waals surface area (Å²) < 4.78 is 6.10. The van der Waals surface area contributed by atoms with Gasteiger partial charge in [-0.15, -0.1) is 11.3 Å². The van der Waals surface area contributed by atoms with E-state index in [0.717, 1.165) is 30.5 Å². The molecule has 1 aromatic heterocycles. The van der Waals surface area contributed by atoms with E-state index in [1.54, 1.807) is 11.3 Å². The predicted molar refractivity (Wildman–Crippen MR) is 102 cm³/mol. The first-order valence-electron chi connectivity index (χ1n) is 9.87. The van der Waals surface area contributed by atoms with Crippen molar-refractivity contribution in [2.75, 3.05) is 13.2 Å². The fourth-order valence-corrected chi connectivity index (χ4v) is 5.89. The highest BCUT2D eigenvalue weighted by molar-refractivity contribution is 7.11. The fourth-order valence-electron chi connectivity index (χ4n) is 5.10. The third-order valence-corrected chi connectivity index (χ3v) is 7.37. The summed E-state index contributed by atoms with van der Waals surface area (Å²) in [5.41, 5.74) is 0.355. The Labute approximate surface area is 154 Å². The highest BCUT2D eigenvalue weighted by Gasteiger charge is 2.65. The van der Waals surface area contributed by atoms with E-state index in [1.165, 1.54) is 37.0 Å². The molecule has 1 aromatic rings. The summed E-state index contributed by atoms with van der Waals surface area (Å²) in [5, 5.41) is 8.32. The van der Waals surface area contributed by atoms with Gasteiger partial charge in [0.25, 0.3) is 0 Å². The van der Waals surface area contributed by atoms with Crippen LogP contribution >= 0.6 is 11.3 Å². The van der Waals surface area contributed by atoms with Gasteiger partial charge in [0.2, 0.25) is 0 Å². The summed E-state index contributed by atoms with van der Waals surface area (Å²) >= 11 is 1.77. The number of rotatable bonds is 5. The van der Waals surface area contributed by atoms with Crippen LogP contribution in [0.2, 0.25) is 0 Å². The van der Waals surface area contributed by atoms with Gasteiger partial charge in [0, 0.05) is 41.6 Å². The number of hydrogen-bond acceptors (Lipinski definition) is 4. The number of thiazole rings is 1. The summed E-state index contributed by atoms with van der Waals surface area (Å²) in [6.07, 6.45) is 10.0. The molecule has 25 heavy (non-hydrogen) atoms. The van der Waals surface area contributed by atoms with Crippen LogP contribution in [0.5, 0.6) is 0 Å². The summed E-state index contributed by atoms with van der Waals surface area (Å²) in [7, 11) is 0. The van der Waals surface area contributed by atoms with E-state index >= 15 is 0 Å². The number of nitrogens with zero attached hydrogens (tertiary/aromatic N) is 2. The van der Waals surface area contributed by atoms with E-state index in [2.05, 4.69) is 29.5 Å². The van der Waals surface area contributed by atoms with E-state index in [1.807, 2.05) is 6.20 Å². The average molecular weight is 363 g/mol. The van der Waals surface area contributed by atoms with Gasteiger partial charge < -0.3 is 15.4 Å². The van der Waals surface area contributed by atoms with E-state index in [-0.39, 0.29) is 0 Å². The van der Waals surface area contributed by atoms with Gasteiger partial charge in [0.05, 0.1) is 12.6 Å². The summed E-state index contributed by atoms with van der Waals surface area (Å²) in [4.78, 5) is 10.6. The molecule has 3 aliphatic rings. The minimum Gasteiger partial charge on any atom is -0.377 e. The normalized spacial score (nSPS) is 30.3. The van der Waals surface area contributed by atoms with Crippen LogP contribution in [-0.4, -0.2) is 36.2 Å². The van der Waals surface area contributed by atoms with Crippen molar-refractivity contribution in [3.8, 4) is 0 Å².